The second-order valence-corrected chi connectivity index (χ2v) is 3.42. The Morgan fingerprint density at radius 1 is 1.53 bits per heavy atom. The van der Waals surface area contributed by atoms with Crippen LogP contribution in [0.15, 0.2) is 18.2 Å². The zero-order valence-corrected chi connectivity index (χ0v) is 9.60. The molecule has 1 aromatic rings. The molecular weight excluding hydrogens is 218 g/mol. The largest absolute Gasteiger partial charge is 0.462 e. The molecule has 0 heterocycles. The number of aryl methyl sites for hydroxylation is 1. The monoisotopic (exact) mass is 231 g/mol. The lowest BCUT2D eigenvalue weighted by Gasteiger charge is -2.06. The molecule has 4 nitrogen and oxygen atoms in total. The summed E-state index contributed by atoms with van der Waals surface area (Å²) in [5.41, 5.74) is 1.43. The van der Waals surface area contributed by atoms with Gasteiger partial charge >= 0.3 is 5.97 Å². The summed E-state index contributed by atoms with van der Waals surface area (Å²) in [5.74, 6) is -0.499. The summed E-state index contributed by atoms with van der Waals surface area (Å²) in [7, 11) is 0. The molecule has 17 heavy (non-hydrogen) atoms. The van der Waals surface area contributed by atoms with E-state index in [1.165, 1.54) is 0 Å². The highest BCUT2D eigenvalue weighted by atomic mass is 16.5. The van der Waals surface area contributed by atoms with E-state index < -0.39 is 5.97 Å². The van der Waals surface area contributed by atoms with Crippen LogP contribution in [-0.2, 0) is 11.2 Å². The van der Waals surface area contributed by atoms with Crippen LogP contribution in [0.3, 0.4) is 0 Å². The third kappa shape index (κ3) is 3.42. The molecule has 0 N–H and O–H groups in total. The minimum atomic E-state index is -0.499. The first kappa shape index (κ1) is 12.9. The number of ether oxygens (including phenoxy) is 1. The second-order valence-electron chi connectivity index (χ2n) is 3.42. The number of nitriles is 1. The van der Waals surface area contributed by atoms with Crippen molar-refractivity contribution in [2.45, 2.75) is 19.8 Å². The SMILES string of the molecule is CCOC(=O)c1ccc(CCC#N)cc1C=O. The van der Waals surface area contributed by atoms with Crippen molar-refractivity contribution in [1.82, 2.24) is 0 Å². The zero-order valence-electron chi connectivity index (χ0n) is 9.60. The van der Waals surface area contributed by atoms with Crippen molar-refractivity contribution in [3.8, 4) is 6.07 Å². The lowest BCUT2D eigenvalue weighted by molar-refractivity contribution is 0.0524. The van der Waals surface area contributed by atoms with Crippen molar-refractivity contribution in [3.63, 3.8) is 0 Å². The Labute approximate surface area is 99.8 Å². The molecule has 0 saturated heterocycles. The predicted octanol–water partition coefficient (Wildman–Crippen LogP) is 2.13. The van der Waals surface area contributed by atoms with Crippen LogP contribution in [0.1, 0.15) is 39.6 Å². The zero-order chi connectivity index (χ0) is 12.7. The Morgan fingerprint density at radius 2 is 2.29 bits per heavy atom. The molecule has 0 saturated carbocycles. The van der Waals surface area contributed by atoms with Gasteiger partial charge in [0, 0.05) is 12.0 Å². The first-order valence-corrected chi connectivity index (χ1v) is 5.35. The third-order valence-electron chi connectivity index (χ3n) is 2.26. The molecule has 0 radical (unpaired) electrons. The predicted molar refractivity (Wildman–Crippen MR) is 61.7 cm³/mol. The highest BCUT2D eigenvalue weighted by molar-refractivity contribution is 5.98. The smallest absolute Gasteiger partial charge is 0.338 e. The summed E-state index contributed by atoms with van der Waals surface area (Å²) in [4.78, 5) is 22.4. The first-order chi connectivity index (χ1) is 8.22. The van der Waals surface area contributed by atoms with E-state index in [0.717, 1.165) is 5.56 Å². The van der Waals surface area contributed by atoms with Crippen LogP contribution in [0.5, 0.6) is 0 Å². The molecule has 0 aromatic heterocycles. The molecule has 0 unspecified atom stereocenters. The number of rotatable bonds is 5. The van der Waals surface area contributed by atoms with Crippen LogP contribution in [0.25, 0.3) is 0 Å². The van der Waals surface area contributed by atoms with Crippen molar-refractivity contribution in [2.75, 3.05) is 6.61 Å². The van der Waals surface area contributed by atoms with Gasteiger partial charge in [0.25, 0.3) is 0 Å². The van der Waals surface area contributed by atoms with E-state index in [2.05, 4.69) is 0 Å². The van der Waals surface area contributed by atoms with Crippen LogP contribution < -0.4 is 0 Å². The molecule has 0 atom stereocenters. The Hall–Kier alpha value is -2.15. The Morgan fingerprint density at radius 3 is 2.88 bits per heavy atom. The van der Waals surface area contributed by atoms with Gasteiger partial charge < -0.3 is 4.74 Å². The van der Waals surface area contributed by atoms with Gasteiger partial charge in [0.05, 0.1) is 18.2 Å². The molecule has 0 aliphatic rings. The van der Waals surface area contributed by atoms with E-state index in [4.69, 9.17) is 10.00 Å². The van der Waals surface area contributed by atoms with E-state index in [1.807, 2.05) is 6.07 Å². The third-order valence-corrected chi connectivity index (χ3v) is 2.26. The van der Waals surface area contributed by atoms with Gasteiger partial charge in [-0.15, -0.1) is 0 Å². The fourth-order valence-corrected chi connectivity index (χ4v) is 1.46. The normalized spacial score (nSPS) is 9.41. The minimum Gasteiger partial charge on any atom is -0.462 e. The quantitative estimate of drug-likeness (QED) is 0.575. The first-order valence-electron chi connectivity index (χ1n) is 5.35. The lowest BCUT2D eigenvalue weighted by atomic mass is 10.0. The van der Waals surface area contributed by atoms with E-state index in [-0.39, 0.29) is 12.2 Å². The Kier molecular flexibility index (Phi) is 4.89. The van der Waals surface area contributed by atoms with Gasteiger partial charge in [-0.05, 0) is 31.0 Å². The molecule has 0 spiro atoms. The fourth-order valence-electron chi connectivity index (χ4n) is 1.46. The van der Waals surface area contributed by atoms with Gasteiger partial charge in [0.2, 0.25) is 0 Å². The number of esters is 1. The van der Waals surface area contributed by atoms with Gasteiger partial charge in [-0.25, -0.2) is 4.79 Å². The minimum absolute atomic E-state index is 0.266. The number of nitrogens with zero attached hydrogens (tertiary/aromatic N) is 1. The molecule has 0 aliphatic heterocycles. The molecule has 0 fully saturated rings. The fraction of sp³-hybridized carbons (Fsp3) is 0.308. The van der Waals surface area contributed by atoms with Crippen LogP contribution in [0, 0.1) is 11.3 Å². The number of benzene rings is 1. The highest BCUT2D eigenvalue weighted by Gasteiger charge is 2.12. The van der Waals surface area contributed by atoms with Crippen molar-refractivity contribution in [2.24, 2.45) is 0 Å². The van der Waals surface area contributed by atoms with Gasteiger partial charge in [-0.3, -0.25) is 4.79 Å². The van der Waals surface area contributed by atoms with Crippen LogP contribution in [-0.4, -0.2) is 18.9 Å². The van der Waals surface area contributed by atoms with Gasteiger partial charge in [0.15, 0.2) is 6.29 Å². The standard InChI is InChI=1S/C13H13NO3/c1-2-17-13(16)12-6-5-10(4-3-7-14)8-11(12)9-15/h5-6,8-9H,2-4H2,1H3. The molecule has 0 amide bonds. The van der Waals surface area contributed by atoms with Gasteiger partial charge in [-0.2, -0.15) is 5.26 Å². The number of aldehydes is 1. The molecule has 0 bridgehead atoms. The van der Waals surface area contributed by atoms with Crippen LogP contribution in [0.4, 0.5) is 0 Å². The number of hydrogen-bond donors (Lipinski definition) is 0. The maximum atomic E-state index is 11.5. The maximum absolute atomic E-state index is 11.5. The van der Waals surface area contributed by atoms with Crippen molar-refractivity contribution >= 4 is 12.3 Å². The summed E-state index contributed by atoms with van der Waals surface area (Å²) in [6.07, 6.45) is 1.58. The lowest BCUT2D eigenvalue weighted by Crippen LogP contribution is -2.08. The summed E-state index contributed by atoms with van der Waals surface area (Å²) in [6.45, 7) is 1.98. The van der Waals surface area contributed by atoms with E-state index >= 15 is 0 Å². The van der Waals surface area contributed by atoms with Gasteiger partial charge in [-0.1, -0.05) is 6.07 Å². The summed E-state index contributed by atoms with van der Waals surface area (Å²) in [5, 5.41) is 8.47. The highest BCUT2D eigenvalue weighted by Crippen LogP contribution is 2.13. The average molecular weight is 231 g/mol. The topological polar surface area (TPSA) is 67.2 Å². The molecule has 4 heteroatoms. The number of carbonyl (C=O) groups is 2. The van der Waals surface area contributed by atoms with Crippen LogP contribution >= 0.6 is 0 Å². The molecule has 1 aromatic carbocycles. The van der Waals surface area contributed by atoms with E-state index in [0.29, 0.717) is 24.7 Å². The molecule has 1 rings (SSSR count). The van der Waals surface area contributed by atoms with Crippen molar-refractivity contribution < 1.29 is 14.3 Å². The Balaban J connectivity index is 2.97. The number of hydrogen-bond acceptors (Lipinski definition) is 4. The molecule has 0 aliphatic carbocycles. The summed E-state index contributed by atoms with van der Waals surface area (Å²) in [6, 6.07) is 6.95. The van der Waals surface area contributed by atoms with Crippen molar-refractivity contribution in [1.29, 1.82) is 5.26 Å². The summed E-state index contributed by atoms with van der Waals surface area (Å²) < 4.78 is 4.84. The number of carbonyl (C=O) groups excluding carboxylic acids is 2. The second kappa shape index (κ2) is 6.44. The Bertz CT molecular complexity index is 460. The van der Waals surface area contributed by atoms with Gasteiger partial charge in [0.1, 0.15) is 0 Å². The van der Waals surface area contributed by atoms with E-state index in [1.54, 1.807) is 25.1 Å². The average Bonchev–Trinajstić information content (AvgIpc) is 2.36. The molecular formula is C13H13NO3. The van der Waals surface area contributed by atoms with Crippen LogP contribution in [0.2, 0.25) is 0 Å². The van der Waals surface area contributed by atoms with Crippen molar-refractivity contribution in [3.05, 3.63) is 34.9 Å². The maximum Gasteiger partial charge on any atom is 0.338 e. The van der Waals surface area contributed by atoms with E-state index in [9.17, 15) is 9.59 Å². The molecule has 88 valence electrons. The summed E-state index contributed by atoms with van der Waals surface area (Å²) >= 11 is 0.